The third-order valence-electron chi connectivity index (χ3n) is 6.63. The first-order chi connectivity index (χ1) is 23.7. The van der Waals surface area contributed by atoms with Gasteiger partial charge in [-0.3, -0.25) is 23.6 Å². The van der Waals surface area contributed by atoms with E-state index in [2.05, 4.69) is 25.8 Å². The quantitative estimate of drug-likeness (QED) is 0.115. The molecular weight excluding hydrogens is 829 g/mol. The fourth-order valence-electron chi connectivity index (χ4n) is 4.33. The van der Waals surface area contributed by atoms with Crippen LogP contribution in [-0.2, 0) is 37.5 Å². The SMILES string of the molecule is CC(C)N1C(=O)c2ccccc2NS1(=O)=O.CC(C)OC(=O)c1cc(-c2nn(C)c(C(F)(F)F)c2Br)c(F)cc1Cl.CP(=O)(O)CCC(N)C(=O)O. The van der Waals surface area contributed by atoms with E-state index in [0.29, 0.717) is 15.9 Å². The van der Waals surface area contributed by atoms with E-state index in [0.717, 1.165) is 23.5 Å². The Bertz CT molecular complexity index is 1970. The summed E-state index contributed by atoms with van der Waals surface area (Å²) in [5, 5.41) is 11.8. The minimum atomic E-state index is -4.69. The zero-order valence-corrected chi connectivity index (χ0v) is 32.5. The van der Waals surface area contributed by atoms with E-state index in [1.807, 2.05) is 0 Å². The van der Waals surface area contributed by atoms with Crippen LogP contribution in [-0.4, -0.2) is 81.4 Å². The van der Waals surface area contributed by atoms with E-state index >= 15 is 0 Å². The van der Waals surface area contributed by atoms with Gasteiger partial charge in [-0.1, -0.05) is 23.7 Å². The topological polar surface area (TPSA) is 211 Å². The highest BCUT2D eigenvalue weighted by Crippen LogP contribution is 2.41. The predicted octanol–water partition coefficient (Wildman–Crippen LogP) is 6.12. The van der Waals surface area contributed by atoms with Crippen LogP contribution in [0.2, 0.25) is 5.02 Å². The highest BCUT2D eigenvalue weighted by atomic mass is 79.9. The molecule has 2 aromatic carbocycles. The minimum absolute atomic E-state index is 0.0412. The number of amides is 1. The molecule has 2 atom stereocenters. The molecule has 0 saturated heterocycles. The van der Waals surface area contributed by atoms with Crippen LogP contribution >= 0.6 is 34.9 Å². The molecule has 1 aromatic heterocycles. The molecule has 22 heteroatoms. The van der Waals surface area contributed by atoms with Crippen molar-refractivity contribution in [2.45, 2.75) is 58.5 Å². The lowest BCUT2D eigenvalue weighted by molar-refractivity contribution is -0.144. The molecule has 4 rings (SSSR count). The van der Waals surface area contributed by atoms with Gasteiger partial charge in [0.15, 0.2) is 13.1 Å². The van der Waals surface area contributed by atoms with Crippen LogP contribution < -0.4 is 10.5 Å². The highest BCUT2D eigenvalue weighted by Gasteiger charge is 2.39. The molecule has 1 aliphatic heterocycles. The Morgan fingerprint density at radius 2 is 1.73 bits per heavy atom. The molecule has 0 bridgehead atoms. The fourth-order valence-corrected chi connectivity index (χ4v) is 7.52. The largest absolute Gasteiger partial charge is 0.480 e. The summed E-state index contributed by atoms with van der Waals surface area (Å²) in [6.07, 6.45) is -5.14. The number of aromatic nitrogens is 2. The molecule has 52 heavy (non-hydrogen) atoms. The summed E-state index contributed by atoms with van der Waals surface area (Å²) in [5.41, 5.74) is 3.95. The first-order valence-electron chi connectivity index (χ1n) is 14.9. The smallest absolute Gasteiger partial charge is 0.434 e. The number of carbonyl (C=O) groups is 3. The number of halogens is 6. The lowest BCUT2D eigenvalue weighted by Crippen LogP contribution is -2.48. The third kappa shape index (κ3) is 11.7. The van der Waals surface area contributed by atoms with Gasteiger partial charge in [-0.05, 0) is 74.3 Å². The maximum atomic E-state index is 14.3. The summed E-state index contributed by atoms with van der Waals surface area (Å²) in [5.74, 6) is -3.36. The van der Waals surface area contributed by atoms with Crippen LogP contribution in [0.15, 0.2) is 40.9 Å². The molecule has 2 unspecified atom stereocenters. The second-order valence-corrected chi connectivity index (χ2v) is 17.1. The summed E-state index contributed by atoms with van der Waals surface area (Å²) in [7, 11) is -5.77. The Hall–Kier alpha value is -3.55. The molecular formula is C30H36BrClF4N5O9PS. The average Bonchev–Trinajstić information content (AvgIpc) is 3.28. The highest BCUT2D eigenvalue weighted by molar-refractivity contribution is 9.10. The summed E-state index contributed by atoms with van der Waals surface area (Å²) in [4.78, 5) is 42.9. The minimum Gasteiger partial charge on any atom is -0.480 e. The standard InChI is InChI=1S/C15H12BrClF4N2O2.C10H12N2O3S.C5H12NO4P/c1-6(2)25-14(24)7-4-8(10(18)5-9(7)17)12-11(16)13(15(19,20)21)23(3)22-12;1-7(2)12-10(13)8-5-3-4-6-9(8)11-16(12,14)15;1-11(9,10)3-2-4(6)5(7)8/h4-6H,1-3H3;3-7,11H,1-2H3;4H,2-3,6H2,1H3,(H,7,8)(H,9,10). The van der Waals surface area contributed by atoms with Gasteiger partial charge in [-0.2, -0.15) is 26.7 Å². The van der Waals surface area contributed by atoms with Crippen molar-refractivity contribution in [3.63, 3.8) is 0 Å². The van der Waals surface area contributed by atoms with E-state index in [9.17, 15) is 44.9 Å². The van der Waals surface area contributed by atoms with Crippen LogP contribution in [0, 0.1) is 5.82 Å². The number of ether oxygens (including phenoxy) is 1. The number of carboxylic acids is 1. The van der Waals surface area contributed by atoms with Crippen molar-refractivity contribution in [2.24, 2.45) is 12.8 Å². The monoisotopic (exact) mass is 863 g/mol. The van der Waals surface area contributed by atoms with E-state index in [-0.39, 0.29) is 34.4 Å². The average molecular weight is 865 g/mol. The number of hydrogen-bond donors (Lipinski definition) is 4. The lowest BCUT2D eigenvalue weighted by atomic mass is 10.1. The number of esters is 1. The first-order valence-corrected chi connectivity index (χ1v) is 19.8. The second-order valence-electron chi connectivity index (χ2n) is 11.8. The van der Waals surface area contributed by atoms with Gasteiger partial charge in [0.2, 0.25) is 0 Å². The van der Waals surface area contributed by atoms with Gasteiger partial charge in [-0.15, -0.1) is 0 Å². The van der Waals surface area contributed by atoms with Crippen LogP contribution in [0.4, 0.5) is 23.2 Å². The Labute approximate surface area is 310 Å². The molecule has 0 aliphatic carbocycles. The molecule has 0 fully saturated rings. The number of aliphatic carboxylic acids is 1. The van der Waals surface area contributed by atoms with Gasteiger partial charge in [0, 0.05) is 31.5 Å². The van der Waals surface area contributed by atoms with Gasteiger partial charge >= 0.3 is 28.3 Å². The number of aryl methyl sites for hydroxylation is 1. The number of nitrogens with two attached hydrogens (primary N) is 1. The molecule has 0 spiro atoms. The number of fused-ring (bicyclic) bond motifs is 1. The summed E-state index contributed by atoms with van der Waals surface area (Å²) in [6.45, 7) is 7.72. The van der Waals surface area contributed by atoms with Gasteiger partial charge in [0.25, 0.3) is 5.91 Å². The van der Waals surface area contributed by atoms with Crippen LogP contribution in [0.1, 0.15) is 60.5 Å². The molecule has 5 N–H and O–H groups in total. The number of hydrogen-bond acceptors (Lipinski definition) is 9. The van der Waals surface area contributed by atoms with Crippen molar-refractivity contribution in [3.8, 4) is 11.3 Å². The number of benzene rings is 2. The van der Waals surface area contributed by atoms with Crippen LogP contribution in [0.5, 0.6) is 0 Å². The molecule has 0 radical (unpaired) electrons. The van der Waals surface area contributed by atoms with Gasteiger partial charge in [0.05, 0.1) is 32.4 Å². The number of nitrogens with zero attached hydrogens (tertiary/aromatic N) is 3. The molecule has 1 aliphatic rings. The summed E-state index contributed by atoms with van der Waals surface area (Å²) in [6, 6.07) is 6.98. The van der Waals surface area contributed by atoms with Crippen molar-refractivity contribution in [1.82, 2.24) is 14.1 Å². The molecule has 288 valence electrons. The Kier molecular flexibility index (Phi) is 15.0. The number of rotatable bonds is 8. The van der Waals surface area contributed by atoms with Crippen molar-refractivity contribution in [2.75, 3.05) is 17.5 Å². The van der Waals surface area contributed by atoms with Crippen molar-refractivity contribution in [1.29, 1.82) is 0 Å². The maximum absolute atomic E-state index is 14.3. The first kappa shape index (κ1) is 44.6. The number of carbonyl (C=O) groups excluding carboxylic acids is 2. The van der Waals surface area contributed by atoms with Crippen molar-refractivity contribution in [3.05, 3.63) is 68.5 Å². The normalized spacial score (nSPS) is 15.3. The molecule has 14 nitrogen and oxygen atoms in total. The molecule has 1 amide bonds. The third-order valence-corrected chi connectivity index (χ3v) is 10.4. The van der Waals surface area contributed by atoms with Gasteiger partial charge in [0.1, 0.15) is 17.6 Å². The predicted molar refractivity (Wildman–Crippen MR) is 188 cm³/mol. The van der Waals surface area contributed by atoms with Crippen LogP contribution in [0.3, 0.4) is 0 Å². The Balaban J connectivity index is 0.000000297. The lowest BCUT2D eigenvalue weighted by Gasteiger charge is -2.31. The zero-order chi connectivity index (χ0) is 40.1. The maximum Gasteiger partial charge on any atom is 0.434 e. The number of carboxylic acid groups (broad SMARTS) is 1. The summed E-state index contributed by atoms with van der Waals surface area (Å²) < 4.78 is 96.1. The summed E-state index contributed by atoms with van der Waals surface area (Å²) >= 11 is 8.67. The van der Waals surface area contributed by atoms with Crippen LogP contribution in [0.25, 0.3) is 11.3 Å². The molecule has 3 aromatic rings. The molecule has 2 heterocycles. The molecule has 0 saturated carbocycles. The Morgan fingerprint density at radius 3 is 2.21 bits per heavy atom. The second kappa shape index (κ2) is 17.5. The van der Waals surface area contributed by atoms with Crippen molar-refractivity contribution < 1.29 is 59.7 Å². The number of alkyl halides is 3. The van der Waals surface area contributed by atoms with Gasteiger partial charge in [-0.25, -0.2) is 13.5 Å². The van der Waals surface area contributed by atoms with E-state index in [4.69, 9.17) is 32.1 Å². The number of nitrogens with one attached hydrogen (secondary N) is 1. The van der Waals surface area contributed by atoms with E-state index in [1.165, 1.54) is 6.66 Å². The zero-order valence-electron chi connectivity index (χ0n) is 28.4. The Morgan fingerprint density at radius 1 is 1.15 bits per heavy atom. The van der Waals surface area contributed by atoms with Crippen molar-refractivity contribution >= 4 is 68.6 Å². The van der Waals surface area contributed by atoms with Gasteiger partial charge < -0.3 is 20.5 Å². The fraction of sp³-hybridized carbons (Fsp3) is 0.400. The number of para-hydroxylation sites is 1. The number of anilines is 1. The van der Waals surface area contributed by atoms with E-state index < -0.39 is 75.8 Å². The van der Waals surface area contributed by atoms with E-state index in [1.54, 1.807) is 52.0 Å².